The Labute approximate surface area is 274 Å². The molecule has 1 saturated heterocycles. The number of urea groups is 1. The second kappa shape index (κ2) is 14.5. The summed E-state index contributed by atoms with van der Waals surface area (Å²) in [4.78, 5) is 93.2. The molecule has 4 atom stereocenters. The second-order valence-electron chi connectivity index (χ2n) is 14.5. The molecular formula is C32H47N7O8. The molecule has 15 heteroatoms. The van der Waals surface area contributed by atoms with E-state index in [4.69, 9.17) is 10.9 Å². The molecule has 7 amide bonds. The lowest BCUT2D eigenvalue weighted by molar-refractivity contribution is -0.143. The van der Waals surface area contributed by atoms with Crippen molar-refractivity contribution in [3.63, 3.8) is 0 Å². The van der Waals surface area contributed by atoms with E-state index >= 15 is 0 Å². The third kappa shape index (κ3) is 8.83. The Morgan fingerprint density at radius 1 is 0.979 bits per heavy atom. The minimum absolute atomic E-state index is 0.0367. The van der Waals surface area contributed by atoms with Gasteiger partial charge in [0.05, 0.1) is 36.0 Å². The van der Waals surface area contributed by atoms with Crippen LogP contribution in [0.5, 0.6) is 0 Å². The number of carbonyl (C=O) groups is 7. The molecule has 1 unspecified atom stereocenters. The molecule has 1 saturated carbocycles. The second-order valence-corrected chi connectivity index (χ2v) is 14.5. The quantitative estimate of drug-likeness (QED) is 0.0624. The van der Waals surface area contributed by atoms with E-state index in [1.807, 2.05) is 0 Å². The fourth-order valence-electron chi connectivity index (χ4n) is 5.68. The van der Waals surface area contributed by atoms with E-state index < -0.39 is 76.3 Å². The fraction of sp³-hybridized carbons (Fsp3) is 0.625. The Morgan fingerprint density at radius 2 is 1.60 bits per heavy atom. The van der Waals surface area contributed by atoms with Crippen molar-refractivity contribution in [2.75, 3.05) is 13.1 Å². The van der Waals surface area contributed by atoms with Crippen LogP contribution in [-0.4, -0.2) is 99.8 Å². The Bertz CT molecular complexity index is 1390. The number of hydrogen-bond acceptors (Lipinski definition) is 9. The minimum atomic E-state index is -1.14. The number of nitrogens with one attached hydrogen (secondary N) is 3. The van der Waals surface area contributed by atoms with Gasteiger partial charge in [-0.25, -0.2) is 4.79 Å². The van der Waals surface area contributed by atoms with E-state index in [1.165, 1.54) is 11.0 Å². The average molecular weight is 658 g/mol. The van der Waals surface area contributed by atoms with Crippen molar-refractivity contribution >= 4 is 47.6 Å². The summed E-state index contributed by atoms with van der Waals surface area (Å²) in [5, 5.41) is 20.0. The van der Waals surface area contributed by atoms with Gasteiger partial charge in [0, 0.05) is 6.54 Å². The fourth-order valence-corrected chi connectivity index (χ4v) is 5.68. The molecule has 3 rings (SSSR count). The third-order valence-electron chi connectivity index (χ3n) is 8.72. The van der Waals surface area contributed by atoms with Crippen LogP contribution in [0.3, 0.4) is 0 Å². The van der Waals surface area contributed by atoms with E-state index in [0.717, 1.165) is 24.0 Å². The maximum Gasteiger partial charge on any atom is 0.315 e. The summed E-state index contributed by atoms with van der Waals surface area (Å²) in [6.45, 7) is 14.3. The van der Waals surface area contributed by atoms with Crippen LogP contribution in [0.2, 0.25) is 0 Å². The summed E-state index contributed by atoms with van der Waals surface area (Å²) in [6.07, 6.45) is 4.97. The number of nitrogens with two attached hydrogens (primary N) is 1. The van der Waals surface area contributed by atoms with Crippen LogP contribution in [0.15, 0.2) is 29.0 Å². The topological polar surface area (TPSA) is 221 Å². The van der Waals surface area contributed by atoms with Crippen LogP contribution < -0.4 is 21.7 Å². The highest BCUT2D eigenvalue weighted by Crippen LogP contribution is 2.34. The van der Waals surface area contributed by atoms with Crippen molar-refractivity contribution in [2.45, 2.75) is 97.8 Å². The van der Waals surface area contributed by atoms with E-state index in [2.05, 4.69) is 27.7 Å². The standard InChI is InChI=1S/C32H47N7O8/c1-8-18-19(15-34-47)28(44)39(27(18)43)16-22(31(2,3)4)36-30(46)37-24(32(5,6)7)29(45)38-13-9-10-21(38)26(42)35-20(14-17-11-12-17)23(40)25(33)41/h8,15,17,20-22,24,47H,1,9-14,16H2,2-7H3,(H2,33,41)(H,35,42)(H2,36,37,46)/b34-15+/t20?,21-,22+,24+/m0/s1. The van der Waals surface area contributed by atoms with Crippen molar-refractivity contribution in [1.29, 1.82) is 0 Å². The number of ketones is 1. The van der Waals surface area contributed by atoms with Gasteiger partial charge in [-0.1, -0.05) is 72.2 Å². The van der Waals surface area contributed by atoms with Crippen molar-refractivity contribution in [1.82, 2.24) is 25.8 Å². The normalized spacial score (nSPS) is 20.7. The molecule has 0 radical (unpaired) electrons. The van der Waals surface area contributed by atoms with Crippen LogP contribution in [0.25, 0.3) is 0 Å². The molecule has 2 fully saturated rings. The Kier molecular flexibility index (Phi) is 11.4. The maximum atomic E-state index is 14.0. The summed E-state index contributed by atoms with van der Waals surface area (Å²) in [5.41, 5.74) is 3.57. The number of carbonyl (C=O) groups excluding carboxylic acids is 7. The first-order chi connectivity index (χ1) is 21.8. The monoisotopic (exact) mass is 657 g/mol. The number of imide groups is 1. The number of oxime groups is 1. The van der Waals surface area contributed by atoms with Gasteiger partial charge in [0.2, 0.25) is 17.6 Å². The molecular weight excluding hydrogens is 610 g/mol. The van der Waals surface area contributed by atoms with Gasteiger partial charge in [0.15, 0.2) is 0 Å². The minimum Gasteiger partial charge on any atom is -0.411 e. The van der Waals surface area contributed by atoms with E-state index in [-0.39, 0.29) is 30.2 Å². The number of Topliss-reactive ketones (excluding diaryl/α,β-unsaturated/α-hetero) is 1. The summed E-state index contributed by atoms with van der Waals surface area (Å²) in [5.74, 6) is -4.25. The summed E-state index contributed by atoms with van der Waals surface area (Å²) in [6, 6.07) is -4.59. The van der Waals surface area contributed by atoms with Crippen molar-refractivity contribution in [3.05, 3.63) is 23.8 Å². The lowest BCUT2D eigenvalue weighted by atomic mass is 9.85. The van der Waals surface area contributed by atoms with Gasteiger partial charge in [-0.2, -0.15) is 0 Å². The first kappa shape index (κ1) is 36.9. The highest BCUT2D eigenvalue weighted by Gasteiger charge is 2.44. The van der Waals surface area contributed by atoms with Crippen molar-refractivity contribution in [2.24, 2.45) is 27.6 Å². The molecule has 2 heterocycles. The largest absolute Gasteiger partial charge is 0.411 e. The number of primary amides is 1. The number of rotatable bonds is 13. The lowest BCUT2D eigenvalue weighted by Gasteiger charge is -2.37. The van der Waals surface area contributed by atoms with Crippen LogP contribution in [0, 0.1) is 16.7 Å². The van der Waals surface area contributed by atoms with Gasteiger partial charge in [-0.15, -0.1) is 0 Å². The van der Waals surface area contributed by atoms with E-state index in [1.54, 1.807) is 41.5 Å². The third-order valence-corrected chi connectivity index (χ3v) is 8.72. The molecule has 258 valence electrons. The van der Waals surface area contributed by atoms with Crippen LogP contribution >= 0.6 is 0 Å². The Hall–Kier alpha value is -4.56. The smallest absolute Gasteiger partial charge is 0.315 e. The molecule has 0 spiro atoms. The maximum absolute atomic E-state index is 14.0. The molecule has 0 bridgehead atoms. The molecule has 0 aromatic rings. The molecule has 2 aliphatic heterocycles. The molecule has 3 aliphatic rings. The highest BCUT2D eigenvalue weighted by molar-refractivity contribution is 6.37. The van der Waals surface area contributed by atoms with E-state index in [0.29, 0.717) is 19.3 Å². The van der Waals surface area contributed by atoms with Crippen LogP contribution in [0.1, 0.15) is 73.6 Å². The zero-order chi connectivity index (χ0) is 35.4. The summed E-state index contributed by atoms with van der Waals surface area (Å²) >= 11 is 0. The van der Waals surface area contributed by atoms with Gasteiger partial charge >= 0.3 is 6.03 Å². The summed E-state index contributed by atoms with van der Waals surface area (Å²) in [7, 11) is 0. The van der Waals surface area contributed by atoms with Gasteiger partial charge in [0.25, 0.3) is 17.7 Å². The van der Waals surface area contributed by atoms with Crippen LogP contribution in [-0.2, 0) is 28.8 Å². The van der Waals surface area contributed by atoms with Gasteiger partial charge < -0.3 is 31.8 Å². The predicted molar refractivity (Wildman–Crippen MR) is 171 cm³/mol. The molecule has 1 aliphatic carbocycles. The number of amides is 7. The van der Waals surface area contributed by atoms with Crippen LogP contribution in [0.4, 0.5) is 4.79 Å². The lowest BCUT2D eigenvalue weighted by Crippen LogP contribution is -2.62. The first-order valence-corrected chi connectivity index (χ1v) is 15.7. The first-order valence-electron chi connectivity index (χ1n) is 15.7. The number of nitrogens with zero attached hydrogens (tertiary/aromatic N) is 3. The zero-order valence-corrected chi connectivity index (χ0v) is 27.9. The number of likely N-dealkylation sites (tertiary alicyclic amines) is 1. The SMILES string of the molecule is C=CC1=C(/C=N/O)C(=O)N(C[C@@H](NC(=O)N[C@H](C(=O)N2CCC[C@H]2C(=O)NC(CC2CC2)C(=O)C(N)=O)C(C)(C)C)C(C)(C)C)C1=O. The van der Waals surface area contributed by atoms with E-state index in [9.17, 15) is 33.6 Å². The van der Waals surface area contributed by atoms with Gasteiger partial charge in [-0.05, 0) is 36.0 Å². The Balaban J connectivity index is 1.76. The predicted octanol–water partition coefficient (Wildman–Crippen LogP) is 0.757. The van der Waals surface area contributed by atoms with Gasteiger partial charge in [0.1, 0.15) is 12.1 Å². The Morgan fingerprint density at radius 3 is 2.11 bits per heavy atom. The molecule has 47 heavy (non-hydrogen) atoms. The molecule has 15 nitrogen and oxygen atoms in total. The van der Waals surface area contributed by atoms with Gasteiger partial charge in [-0.3, -0.25) is 33.7 Å². The van der Waals surface area contributed by atoms with Crippen molar-refractivity contribution < 1.29 is 38.8 Å². The van der Waals surface area contributed by atoms with Crippen molar-refractivity contribution in [3.8, 4) is 0 Å². The average Bonchev–Trinajstić information content (AvgIpc) is 3.59. The molecule has 0 aromatic carbocycles. The highest BCUT2D eigenvalue weighted by atomic mass is 16.4. The molecule has 6 N–H and O–H groups in total. The number of hydrogen-bond donors (Lipinski definition) is 5. The summed E-state index contributed by atoms with van der Waals surface area (Å²) < 4.78 is 0. The molecule has 0 aromatic heterocycles. The zero-order valence-electron chi connectivity index (χ0n) is 27.9.